The molecule has 3 N–H and O–H groups in total. The minimum Gasteiger partial charge on any atom is -0.323 e. The average molecular weight is 387 g/mol. The van der Waals surface area contributed by atoms with Crippen molar-refractivity contribution in [3.63, 3.8) is 0 Å². The van der Waals surface area contributed by atoms with Crippen molar-refractivity contribution in [3.05, 3.63) is 35.4 Å². The van der Waals surface area contributed by atoms with Gasteiger partial charge in [0.25, 0.3) is 5.91 Å². The number of urea groups is 1. The molecule has 0 aromatic heterocycles. The topological polar surface area (TPSA) is 58.3 Å². The summed E-state index contributed by atoms with van der Waals surface area (Å²) in [5, 5.41) is 3.04. The predicted molar refractivity (Wildman–Crippen MR) is 107 cm³/mol. The Kier molecular flexibility index (Phi) is 5.43. The number of rotatable bonds is 4. The average Bonchev–Trinajstić information content (AvgIpc) is 2.90. The summed E-state index contributed by atoms with van der Waals surface area (Å²) in [6, 6.07) is 8.56. The molecule has 2 aliphatic heterocycles. The Morgan fingerprint density at radius 1 is 1.11 bits per heavy atom. The zero-order valence-electron chi connectivity index (χ0n) is 17.2. The van der Waals surface area contributed by atoms with Gasteiger partial charge in [0, 0.05) is 5.56 Å². The Hall–Kier alpha value is -1.92. The second kappa shape index (κ2) is 7.84. The van der Waals surface area contributed by atoms with Crippen LogP contribution in [-0.2, 0) is 11.3 Å². The normalized spacial score (nSPS) is 33.4. The quantitative estimate of drug-likeness (QED) is 0.625. The van der Waals surface area contributed by atoms with E-state index in [1.165, 1.54) is 20.9 Å². The van der Waals surface area contributed by atoms with Crippen molar-refractivity contribution in [1.82, 2.24) is 10.2 Å². The van der Waals surface area contributed by atoms with Crippen molar-refractivity contribution in [2.75, 3.05) is 32.8 Å². The fourth-order valence-corrected chi connectivity index (χ4v) is 5.04. The number of carbonyl (C=O) groups excluding carboxylic acids is 2. The first-order chi connectivity index (χ1) is 13.4. The van der Waals surface area contributed by atoms with Gasteiger partial charge in [0.1, 0.15) is 38.3 Å². The molecule has 6 nitrogen and oxygen atoms in total. The van der Waals surface area contributed by atoms with Crippen LogP contribution in [-0.4, -0.2) is 55.2 Å². The highest BCUT2D eigenvalue weighted by molar-refractivity contribution is 6.06. The van der Waals surface area contributed by atoms with E-state index in [2.05, 4.69) is 43.4 Å². The Bertz CT molecular complexity index is 734. The van der Waals surface area contributed by atoms with Crippen LogP contribution in [0.3, 0.4) is 0 Å². The zero-order valence-corrected chi connectivity index (χ0v) is 17.2. The first-order valence-corrected chi connectivity index (χ1v) is 10.8. The lowest BCUT2D eigenvalue weighted by atomic mass is 9.77. The molecule has 6 heteroatoms. The number of nitrogens with one attached hydrogen (secondary N) is 3. The van der Waals surface area contributed by atoms with Gasteiger partial charge in [-0.1, -0.05) is 36.8 Å². The number of nitrogens with zero attached hydrogens (tertiary/aromatic N) is 1. The maximum Gasteiger partial charge on any atom is 0.329 e. The molecule has 0 radical (unpaired) electrons. The molecule has 0 unspecified atom stereocenters. The lowest BCUT2D eigenvalue weighted by Gasteiger charge is -2.34. The summed E-state index contributed by atoms with van der Waals surface area (Å²) in [4.78, 5) is 30.0. The predicted octanol–water partition coefficient (Wildman–Crippen LogP) is -0.263. The molecule has 3 fully saturated rings. The van der Waals surface area contributed by atoms with Crippen molar-refractivity contribution in [2.45, 2.75) is 51.6 Å². The van der Waals surface area contributed by atoms with Crippen LogP contribution in [0.15, 0.2) is 24.3 Å². The van der Waals surface area contributed by atoms with Crippen molar-refractivity contribution in [3.8, 4) is 0 Å². The van der Waals surface area contributed by atoms with Gasteiger partial charge >= 0.3 is 6.03 Å². The molecule has 1 saturated carbocycles. The van der Waals surface area contributed by atoms with E-state index in [9.17, 15) is 9.59 Å². The number of quaternary nitrogens is 2. The van der Waals surface area contributed by atoms with Crippen LogP contribution in [0, 0.1) is 12.8 Å². The van der Waals surface area contributed by atoms with E-state index in [1.54, 1.807) is 4.90 Å². The highest BCUT2D eigenvalue weighted by Gasteiger charge is 2.53. The first-order valence-electron chi connectivity index (χ1n) is 10.8. The van der Waals surface area contributed by atoms with Gasteiger partial charge in [-0.3, -0.25) is 4.79 Å². The molecule has 2 heterocycles. The van der Waals surface area contributed by atoms with Crippen molar-refractivity contribution < 1.29 is 19.4 Å². The van der Waals surface area contributed by atoms with Gasteiger partial charge < -0.3 is 15.1 Å². The number of hydrogen-bond donors (Lipinski definition) is 3. The van der Waals surface area contributed by atoms with Crippen molar-refractivity contribution >= 4 is 11.9 Å². The Balaban J connectivity index is 1.30. The first kappa shape index (κ1) is 19.4. The summed E-state index contributed by atoms with van der Waals surface area (Å²) in [6.07, 6.45) is 3.62. The molecule has 0 bridgehead atoms. The highest BCUT2D eigenvalue weighted by atomic mass is 16.2. The van der Waals surface area contributed by atoms with Crippen LogP contribution >= 0.6 is 0 Å². The van der Waals surface area contributed by atoms with Crippen LogP contribution in [0.4, 0.5) is 4.79 Å². The minimum absolute atomic E-state index is 0.0198. The van der Waals surface area contributed by atoms with Gasteiger partial charge in [-0.2, -0.15) is 0 Å². The summed E-state index contributed by atoms with van der Waals surface area (Å²) in [6.45, 7) is 10.1. The lowest BCUT2D eigenvalue weighted by molar-refractivity contribution is -1.02. The van der Waals surface area contributed by atoms with E-state index >= 15 is 0 Å². The Morgan fingerprint density at radius 3 is 2.46 bits per heavy atom. The monoisotopic (exact) mass is 386 g/mol. The Morgan fingerprint density at radius 2 is 1.79 bits per heavy atom. The van der Waals surface area contributed by atoms with E-state index < -0.39 is 5.54 Å². The van der Waals surface area contributed by atoms with Gasteiger partial charge in [-0.25, -0.2) is 9.69 Å². The standard InChI is InChI=1S/C22H32N4O2/c1-17-6-8-22(9-7-17)20(27)26(21(28)23-22)16-25-12-10-24(11-13-25)15-19-5-3-4-18(2)14-19/h3-5,14,17H,6-13,15-16H2,1-2H3,(H,23,28)/p+2. The van der Waals surface area contributed by atoms with Gasteiger partial charge in [0.2, 0.25) is 0 Å². The van der Waals surface area contributed by atoms with Crippen LogP contribution in [0.1, 0.15) is 43.7 Å². The molecule has 3 amide bonds. The number of amides is 3. The van der Waals surface area contributed by atoms with Crippen LogP contribution in [0.2, 0.25) is 0 Å². The molecule has 4 rings (SSSR count). The number of hydrogen-bond acceptors (Lipinski definition) is 2. The van der Waals surface area contributed by atoms with E-state index in [0.29, 0.717) is 12.6 Å². The van der Waals surface area contributed by atoms with E-state index in [1.807, 2.05) is 0 Å². The molecule has 2 saturated heterocycles. The fraction of sp³-hybridized carbons (Fsp3) is 0.636. The number of piperazine rings is 1. The third-order valence-electron chi connectivity index (χ3n) is 6.96. The summed E-state index contributed by atoms with van der Waals surface area (Å²) < 4.78 is 0. The van der Waals surface area contributed by atoms with E-state index in [4.69, 9.17) is 0 Å². The maximum atomic E-state index is 13.0. The molecule has 152 valence electrons. The molecule has 0 atom stereocenters. The third-order valence-corrected chi connectivity index (χ3v) is 6.96. The maximum absolute atomic E-state index is 13.0. The molecule has 3 aliphatic rings. The largest absolute Gasteiger partial charge is 0.329 e. The SMILES string of the molecule is Cc1cccc(C[NH+]2CC[NH+](CN3C(=O)NC4(CCC(C)CC4)C3=O)CC2)c1. The summed E-state index contributed by atoms with van der Waals surface area (Å²) >= 11 is 0. The smallest absolute Gasteiger partial charge is 0.323 e. The number of benzene rings is 1. The third kappa shape index (κ3) is 3.94. The van der Waals surface area contributed by atoms with Crippen molar-refractivity contribution in [1.29, 1.82) is 0 Å². The van der Waals surface area contributed by atoms with Gasteiger partial charge in [-0.05, 0) is 38.5 Å². The van der Waals surface area contributed by atoms with Gasteiger partial charge in [0.05, 0.1) is 0 Å². The molecular formula is C22H34N4O2+2. The zero-order chi connectivity index (χ0) is 19.7. The summed E-state index contributed by atoms with van der Waals surface area (Å²) in [5.74, 6) is 0.672. The molecule has 1 aromatic carbocycles. The molecule has 1 spiro atoms. The second-order valence-electron chi connectivity index (χ2n) is 9.25. The summed E-state index contributed by atoms with van der Waals surface area (Å²) in [5.41, 5.74) is 2.09. The molecular weight excluding hydrogens is 352 g/mol. The molecule has 1 aromatic rings. The minimum atomic E-state index is -0.610. The fourth-order valence-electron chi connectivity index (χ4n) is 5.04. The number of carbonyl (C=O) groups is 2. The van der Waals surface area contributed by atoms with Crippen LogP contribution < -0.4 is 15.1 Å². The second-order valence-corrected chi connectivity index (χ2v) is 9.25. The lowest BCUT2D eigenvalue weighted by Crippen LogP contribution is -3.28. The van der Waals surface area contributed by atoms with E-state index in [0.717, 1.165) is 58.4 Å². The molecule has 1 aliphatic carbocycles. The number of aryl methyl sites for hydroxylation is 1. The van der Waals surface area contributed by atoms with Crippen LogP contribution in [0.5, 0.6) is 0 Å². The van der Waals surface area contributed by atoms with Crippen molar-refractivity contribution in [2.24, 2.45) is 5.92 Å². The van der Waals surface area contributed by atoms with E-state index in [-0.39, 0.29) is 11.9 Å². The summed E-state index contributed by atoms with van der Waals surface area (Å²) in [7, 11) is 0. The van der Waals surface area contributed by atoms with Gasteiger partial charge in [-0.15, -0.1) is 0 Å². The number of imide groups is 1. The highest BCUT2D eigenvalue weighted by Crippen LogP contribution is 2.35. The van der Waals surface area contributed by atoms with Gasteiger partial charge in [0.15, 0.2) is 6.67 Å². The van der Waals surface area contributed by atoms with Crippen LogP contribution in [0.25, 0.3) is 0 Å². The Labute approximate surface area is 167 Å². The molecule has 28 heavy (non-hydrogen) atoms.